The molecule has 0 spiro atoms. The first-order valence-electron chi connectivity index (χ1n) is 8.97. The van der Waals surface area contributed by atoms with E-state index in [0.29, 0.717) is 28.7 Å². The van der Waals surface area contributed by atoms with Gasteiger partial charge in [-0.1, -0.05) is 30.8 Å². The zero-order valence-corrected chi connectivity index (χ0v) is 17.4. The number of nitrogens with zero attached hydrogens (tertiary/aromatic N) is 1. The van der Waals surface area contributed by atoms with Crippen molar-refractivity contribution in [2.24, 2.45) is 0 Å². The molecular formula is C21H27NO4S. The number of aryl methyl sites for hydroxylation is 3. The monoisotopic (exact) mass is 389 g/mol. The number of carbonyl (C=O) groups excluding carboxylic acids is 1. The number of anilines is 1. The van der Waals surface area contributed by atoms with Crippen LogP contribution < -0.4 is 14.5 Å². The summed E-state index contributed by atoms with van der Waals surface area (Å²) < 4.78 is 11.7. The summed E-state index contributed by atoms with van der Waals surface area (Å²) in [6.45, 7) is 8.75. The molecule has 27 heavy (non-hydrogen) atoms. The topological polar surface area (TPSA) is 59.0 Å². The van der Waals surface area contributed by atoms with Crippen LogP contribution in [0.1, 0.15) is 36.1 Å². The summed E-state index contributed by atoms with van der Waals surface area (Å²) in [5.74, 6) is 1.37. The quantitative estimate of drug-likeness (QED) is 0.499. The molecular weight excluding hydrogens is 362 g/mol. The van der Waals surface area contributed by atoms with Crippen molar-refractivity contribution < 1.29 is 19.5 Å². The first kappa shape index (κ1) is 21.1. The maximum atomic E-state index is 11.9. The van der Waals surface area contributed by atoms with Crippen molar-refractivity contribution in [2.45, 2.75) is 40.7 Å². The Balaban J connectivity index is 2.36. The summed E-state index contributed by atoms with van der Waals surface area (Å²) in [6, 6.07) is 9.39. The summed E-state index contributed by atoms with van der Waals surface area (Å²) in [7, 11) is 0. The molecule has 0 heterocycles. The minimum Gasteiger partial charge on any atom is -0.493 e. The van der Waals surface area contributed by atoms with Gasteiger partial charge in [-0.05, 0) is 68.3 Å². The zero-order valence-electron chi connectivity index (χ0n) is 16.5. The highest BCUT2D eigenvalue weighted by Crippen LogP contribution is 2.32. The third-order valence-corrected chi connectivity index (χ3v) is 4.89. The van der Waals surface area contributed by atoms with Crippen molar-refractivity contribution in [1.29, 1.82) is 0 Å². The van der Waals surface area contributed by atoms with Gasteiger partial charge < -0.3 is 9.47 Å². The second kappa shape index (κ2) is 9.67. The molecule has 0 aliphatic heterocycles. The van der Waals surface area contributed by atoms with E-state index >= 15 is 0 Å². The van der Waals surface area contributed by atoms with Gasteiger partial charge in [-0.25, -0.2) is 0 Å². The van der Waals surface area contributed by atoms with E-state index in [1.165, 1.54) is 11.1 Å². The van der Waals surface area contributed by atoms with Crippen molar-refractivity contribution in [2.75, 3.05) is 17.9 Å². The second-order valence-corrected chi connectivity index (χ2v) is 6.91. The molecule has 6 heteroatoms. The first-order chi connectivity index (χ1) is 12.9. The molecule has 0 unspecified atom stereocenters. The molecule has 0 bridgehead atoms. The standard InChI is InChI=1S/C21H27NO4S/c1-6-16-11-15(4)20(12-14(16)3)26-13-17-18(22(24)21(23)27-5)9-8-10-19(17)25-7-2/h8-12,24H,6-7,13H2,1-5H3. The van der Waals surface area contributed by atoms with E-state index in [0.717, 1.165) is 29.5 Å². The normalized spacial score (nSPS) is 10.6. The number of ether oxygens (including phenoxy) is 2. The van der Waals surface area contributed by atoms with Gasteiger partial charge in [0, 0.05) is 0 Å². The van der Waals surface area contributed by atoms with Gasteiger partial charge in [0.25, 0.3) is 0 Å². The Labute approximate surface area is 165 Å². The highest BCUT2D eigenvalue weighted by Gasteiger charge is 2.20. The maximum absolute atomic E-state index is 11.9. The smallest absolute Gasteiger partial charge is 0.309 e. The summed E-state index contributed by atoms with van der Waals surface area (Å²) in [6.07, 6.45) is 2.59. The molecule has 5 nitrogen and oxygen atoms in total. The van der Waals surface area contributed by atoms with Gasteiger partial charge >= 0.3 is 5.24 Å². The summed E-state index contributed by atoms with van der Waals surface area (Å²) in [4.78, 5) is 11.9. The van der Waals surface area contributed by atoms with Crippen LogP contribution in [-0.4, -0.2) is 23.3 Å². The molecule has 0 radical (unpaired) electrons. The van der Waals surface area contributed by atoms with Crippen LogP contribution in [0, 0.1) is 13.8 Å². The summed E-state index contributed by atoms with van der Waals surface area (Å²) in [5, 5.41) is 10.5. The molecule has 0 aromatic heterocycles. The van der Waals surface area contributed by atoms with Gasteiger partial charge in [-0.3, -0.25) is 10.0 Å². The summed E-state index contributed by atoms with van der Waals surface area (Å²) >= 11 is 0.934. The highest BCUT2D eigenvalue weighted by atomic mass is 32.2. The Morgan fingerprint density at radius 3 is 2.48 bits per heavy atom. The van der Waals surface area contributed by atoms with Crippen molar-refractivity contribution in [1.82, 2.24) is 0 Å². The fraction of sp³-hybridized carbons (Fsp3) is 0.381. The van der Waals surface area contributed by atoms with Crippen molar-refractivity contribution in [3.63, 3.8) is 0 Å². The number of benzene rings is 2. The predicted molar refractivity (Wildman–Crippen MR) is 110 cm³/mol. The Bertz CT molecular complexity index is 807. The fourth-order valence-electron chi connectivity index (χ4n) is 2.91. The molecule has 2 aromatic rings. The van der Waals surface area contributed by atoms with E-state index in [4.69, 9.17) is 9.47 Å². The lowest BCUT2D eigenvalue weighted by Crippen LogP contribution is -2.24. The van der Waals surface area contributed by atoms with E-state index in [1.807, 2.05) is 19.9 Å². The average molecular weight is 390 g/mol. The number of carbonyl (C=O) groups is 1. The van der Waals surface area contributed by atoms with Gasteiger partial charge in [-0.15, -0.1) is 0 Å². The molecule has 1 N–H and O–H groups in total. The minimum absolute atomic E-state index is 0.177. The molecule has 0 aliphatic carbocycles. The third kappa shape index (κ3) is 4.96. The number of hydroxylamine groups is 1. The van der Waals surface area contributed by atoms with Crippen LogP contribution in [0.3, 0.4) is 0 Å². The second-order valence-electron chi connectivity index (χ2n) is 6.16. The number of rotatable bonds is 7. The lowest BCUT2D eigenvalue weighted by atomic mass is 10.0. The Kier molecular flexibility index (Phi) is 7.56. The van der Waals surface area contributed by atoms with Crippen molar-refractivity contribution >= 4 is 22.7 Å². The maximum Gasteiger partial charge on any atom is 0.309 e. The number of amides is 1. The Hall–Kier alpha value is -2.18. The number of thioether (sulfide) groups is 1. The fourth-order valence-corrected chi connectivity index (χ4v) is 3.18. The molecule has 2 aromatic carbocycles. The number of hydrogen-bond acceptors (Lipinski definition) is 5. The van der Waals surface area contributed by atoms with E-state index in [1.54, 1.807) is 24.5 Å². The van der Waals surface area contributed by atoms with Crippen LogP contribution in [0.2, 0.25) is 0 Å². The van der Waals surface area contributed by atoms with E-state index in [2.05, 4.69) is 19.9 Å². The van der Waals surface area contributed by atoms with E-state index < -0.39 is 5.24 Å². The average Bonchev–Trinajstić information content (AvgIpc) is 2.67. The van der Waals surface area contributed by atoms with E-state index in [9.17, 15) is 10.0 Å². The third-order valence-electron chi connectivity index (χ3n) is 4.37. The molecule has 0 saturated heterocycles. The van der Waals surface area contributed by atoms with Crippen LogP contribution in [0.5, 0.6) is 11.5 Å². The molecule has 146 valence electrons. The number of hydrogen-bond donors (Lipinski definition) is 1. The molecule has 0 fully saturated rings. The van der Waals surface area contributed by atoms with E-state index in [-0.39, 0.29) is 6.61 Å². The van der Waals surface area contributed by atoms with Crippen LogP contribution >= 0.6 is 11.8 Å². The van der Waals surface area contributed by atoms with Gasteiger partial charge in [-0.2, -0.15) is 5.06 Å². The first-order valence-corrected chi connectivity index (χ1v) is 10.2. The SMILES string of the molecule is CCOc1cccc(N(O)C(=O)SC)c1COc1cc(C)c(CC)cc1C. The van der Waals surface area contributed by atoms with Crippen LogP contribution in [-0.2, 0) is 13.0 Å². The van der Waals surface area contributed by atoms with Gasteiger partial charge in [0.1, 0.15) is 18.1 Å². The van der Waals surface area contributed by atoms with Crippen LogP contribution in [0.25, 0.3) is 0 Å². The largest absolute Gasteiger partial charge is 0.493 e. The van der Waals surface area contributed by atoms with Crippen LogP contribution in [0.4, 0.5) is 10.5 Å². The van der Waals surface area contributed by atoms with Gasteiger partial charge in [0.15, 0.2) is 0 Å². The Morgan fingerprint density at radius 2 is 1.85 bits per heavy atom. The molecule has 2 rings (SSSR count). The van der Waals surface area contributed by atoms with Crippen molar-refractivity contribution in [3.8, 4) is 11.5 Å². The molecule has 0 atom stereocenters. The summed E-state index contributed by atoms with van der Waals surface area (Å²) in [5.41, 5.74) is 4.51. The lowest BCUT2D eigenvalue weighted by Gasteiger charge is -2.21. The van der Waals surface area contributed by atoms with Crippen molar-refractivity contribution in [3.05, 3.63) is 52.6 Å². The van der Waals surface area contributed by atoms with Gasteiger partial charge in [0.2, 0.25) is 0 Å². The lowest BCUT2D eigenvalue weighted by molar-refractivity contribution is 0.223. The zero-order chi connectivity index (χ0) is 20.0. The van der Waals surface area contributed by atoms with Gasteiger partial charge in [0.05, 0.1) is 17.9 Å². The molecule has 1 amide bonds. The van der Waals surface area contributed by atoms with Crippen LogP contribution in [0.15, 0.2) is 30.3 Å². The molecule has 0 aliphatic rings. The predicted octanol–water partition coefficient (Wildman–Crippen LogP) is 5.52. The molecule has 0 saturated carbocycles. The Morgan fingerprint density at radius 1 is 1.11 bits per heavy atom. The minimum atomic E-state index is -0.468. The highest BCUT2D eigenvalue weighted by molar-refractivity contribution is 8.13.